The van der Waals surface area contributed by atoms with Crippen molar-refractivity contribution in [2.75, 3.05) is 25.6 Å². The normalized spacial score (nSPS) is 11.3. The van der Waals surface area contributed by atoms with E-state index in [2.05, 4.69) is 20.8 Å². The van der Waals surface area contributed by atoms with Crippen LogP contribution in [-0.4, -0.2) is 26.6 Å². The molecule has 0 atom stereocenters. The molecule has 0 saturated carbocycles. The highest BCUT2D eigenvalue weighted by molar-refractivity contribution is 5.95. The number of hydrogen-bond acceptors (Lipinski definition) is 3. The van der Waals surface area contributed by atoms with Crippen molar-refractivity contribution in [3.8, 4) is 5.75 Å². The number of nitrogens with two attached hydrogens (primary N) is 1. The van der Waals surface area contributed by atoms with Crippen LogP contribution in [0, 0.1) is 6.92 Å². The van der Waals surface area contributed by atoms with Crippen molar-refractivity contribution in [1.29, 1.82) is 0 Å². The quantitative estimate of drug-likeness (QED) is 0.910. The standard InChI is InChI=1S/C15H24N2O2/c1-10-7-13(19-6)11(15(2,3)4)8-12(10)17(5)14(18)9-16/h7-8H,9,16H2,1-6H3. The monoisotopic (exact) mass is 264 g/mol. The number of benzene rings is 1. The highest BCUT2D eigenvalue weighted by Gasteiger charge is 2.22. The smallest absolute Gasteiger partial charge is 0.240 e. The number of methoxy groups -OCH3 is 1. The van der Waals surface area contributed by atoms with Gasteiger partial charge in [-0.1, -0.05) is 20.8 Å². The fourth-order valence-corrected chi connectivity index (χ4v) is 2.06. The summed E-state index contributed by atoms with van der Waals surface area (Å²) in [5.74, 6) is 0.746. The van der Waals surface area contributed by atoms with Gasteiger partial charge in [-0.2, -0.15) is 0 Å². The Morgan fingerprint density at radius 3 is 2.37 bits per heavy atom. The maximum atomic E-state index is 11.7. The van der Waals surface area contributed by atoms with Gasteiger partial charge >= 0.3 is 0 Å². The number of hydrogen-bond donors (Lipinski definition) is 1. The number of carbonyl (C=O) groups excluding carboxylic acids is 1. The zero-order valence-electron chi connectivity index (χ0n) is 12.7. The van der Waals surface area contributed by atoms with Crippen molar-refractivity contribution in [3.05, 3.63) is 23.3 Å². The Hall–Kier alpha value is -1.55. The molecule has 0 saturated heterocycles. The lowest BCUT2D eigenvalue weighted by molar-refractivity contribution is -0.117. The number of anilines is 1. The summed E-state index contributed by atoms with van der Waals surface area (Å²) in [6, 6.07) is 3.98. The fourth-order valence-electron chi connectivity index (χ4n) is 2.06. The first-order valence-corrected chi connectivity index (χ1v) is 6.38. The predicted octanol–water partition coefficient (Wildman–Crippen LogP) is 2.22. The molecule has 1 amide bonds. The van der Waals surface area contributed by atoms with E-state index in [-0.39, 0.29) is 17.9 Å². The molecule has 106 valence electrons. The second kappa shape index (κ2) is 5.61. The number of nitrogens with zero attached hydrogens (tertiary/aromatic N) is 1. The van der Waals surface area contributed by atoms with Gasteiger partial charge in [0.05, 0.1) is 13.7 Å². The molecule has 1 aromatic carbocycles. The Bertz CT molecular complexity index is 476. The number of ether oxygens (including phenoxy) is 1. The molecule has 2 N–H and O–H groups in total. The van der Waals surface area contributed by atoms with Gasteiger partial charge in [-0.15, -0.1) is 0 Å². The summed E-state index contributed by atoms with van der Waals surface area (Å²) in [4.78, 5) is 13.4. The molecule has 1 aromatic rings. The molecule has 0 aliphatic carbocycles. The van der Waals surface area contributed by atoms with Crippen molar-refractivity contribution < 1.29 is 9.53 Å². The topological polar surface area (TPSA) is 55.6 Å². The molecule has 0 unspecified atom stereocenters. The number of rotatable bonds is 3. The molecule has 0 aliphatic rings. The molecule has 0 bridgehead atoms. The van der Waals surface area contributed by atoms with Crippen molar-refractivity contribution in [2.45, 2.75) is 33.1 Å². The summed E-state index contributed by atoms with van der Waals surface area (Å²) in [5, 5.41) is 0. The highest BCUT2D eigenvalue weighted by atomic mass is 16.5. The van der Waals surface area contributed by atoms with E-state index >= 15 is 0 Å². The van der Waals surface area contributed by atoms with Crippen LogP contribution in [0.15, 0.2) is 12.1 Å². The summed E-state index contributed by atoms with van der Waals surface area (Å²) in [6.07, 6.45) is 0. The number of likely N-dealkylation sites (N-methyl/N-ethyl adjacent to an activating group) is 1. The molecular weight excluding hydrogens is 240 g/mol. The molecule has 0 aromatic heterocycles. The first kappa shape index (κ1) is 15.5. The van der Waals surface area contributed by atoms with Gasteiger partial charge in [0.1, 0.15) is 5.75 Å². The van der Waals surface area contributed by atoms with E-state index in [1.54, 1.807) is 19.1 Å². The van der Waals surface area contributed by atoms with Crippen molar-refractivity contribution in [1.82, 2.24) is 0 Å². The molecule has 4 heteroatoms. The largest absolute Gasteiger partial charge is 0.496 e. The van der Waals surface area contributed by atoms with Crippen molar-refractivity contribution in [2.24, 2.45) is 5.73 Å². The lowest BCUT2D eigenvalue weighted by Crippen LogP contribution is -2.33. The third-order valence-electron chi connectivity index (χ3n) is 3.24. The van der Waals surface area contributed by atoms with Crippen LogP contribution in [0.5, 0.6) is 5.75 Å². The van der Waals surface area contributed by atoms with E-state index in [0.717, 1.165) is 22.6 Å². The minimum Gasteiger partial charge on any atom is -0.496 e. The number of carbonyl (C=O) groups is 1. The van der Waals surface area contributed by atoms with Gasteiger partial charge in [0.25, 0.3) is 0 Å². The Kier molecular flexibility index (Phi) is 4.58. The molecular formula is C15H24N2O2. The summed E-state index contributed by atoms with van der Waals surface area (Å²) in [5.41, 5.74) is 8.32. The fraction of sp³-hybridized carbons (Fsp3) is 0.533. The highest BCUT2D eigenvalue weighted by Crippen LogP contribution is 2.36. The van der Waals surface area contributed by atoms with Crippen LogP contribution < -0.4 is 15.4 Å². The molecule has 1 rings (SSSR count). The van der Waals surface area contributed by atoms with E-state index < -0.39 is 0 Å². The average Bonchev–Trinajstić information content (AvgIpc) is 2.35. The second-order valence-corrected chi connectivity index (χ2v) is 5.75. The second-order valence-electron chi connectivity index (χ2n) is 5.75. The van der Waals surface area contributed by atoms with E-state index in [1.807, 2.05) is 19.1 Å². The van der Waals surface area contributed by atoms with Crippen LogP contribution >= 0.6 is 0 Å². The van der Waals surface area contributed by atoms with Gasteiger partial charge in [0, 0.05) is 18.3 Å². The van der Waals surface area contributed by atoms with Crippen LogP contribution in [0.4, 0.5) is 5.69 Å². The molecule has 19 heavy (non-hydrogen) atoms. The minimum atomic E-state index is -0.104. The maximum Gasteiger partial charge on any atom is 0.240 e. The summed E-state index contributed by atoms with van der Waals surface area (Å²) in [7, 11) is 3.41. The van der Waals surface area contributed by atoms with Gasteiger partial charge in [-0.05, 0) is 30.0 Å². The van der Waals surface area contributed by atoms with Crippen LogP contribution in [0.2, 0.25) is 0 Å². The van der Waals surface area contributed by atoms with Crippen LogP contribution in [0.1, 0.15) is 31.9 Å². The molecule has 0 radical (unpaired) electrons. The third-order valence-corrected chi connectivity index (χ3v) is 3.24. The lowest BCUT2D eigenvalue weighted by atomic mass is 9.85. The molecule has 0 aliphatic heterocycles. The van der Waals surface area contributed by atoms with Gasteiger partial charge < -0.3 is 15.4 Å². The van der Waals surface area contributed by atoms with E-state index in [9.17, 15) is 4.79 Å². The maximum absolute atomic E-state index is 11.7. The Morgan fingerprint density at radius 1 is 1.37 bits per heavy atom. The summed E-state index contributed by atoms with van der Waals surface area (Å²) < 4.78 is 5.45. The lowest BCUT2D eigenvalue weighted by Gasteiger charge is -2.26. The molecule has 4 nitrogen and oxygen atoms in total. The predicted molar refractivity (Wildman–Crippen MR) is 78.9 cm³/mol. The Labute approximate surface area is 115 Å². The third kappa shape index (κ3) is 3.26. The van der Waals surface area contributed by atoms with E-state index in [4.69, 9.17) is 10.5 Å². The first-order chi connectivity index (χ1) is 8.72. The molecule has 0 heterocycles. The summed E-state index contributed by atoms with van der Waals surface area (Å²) >= 11 is 0. The summed E-state index contributed by atoms with van der Waals surface area (Å²) in [6.45, 7) is 8.33. The first-order valence-electron chi connectivity index (χ1n) is 6.38. The van der Waals surface area contributed by atoms with Crippen LogP contribution in [0.25, 0.3) is 0 Å². The SMILES string of the molecule is COc1cc(C)c(N(C)C(=O)CN)cc1C(C)(C)C. The van der Waals surface area contributed by atoms with Crippen molar-refractivity contribution in [3.63, 3.8) is 0 Å². The van der Waals surface area contributed by atoms with E-state index in [0.29, 0.717) is 0 Å². The number of amides is 1. The van der Waals surface area contributed by atoms with Crippen LogP contribution in [0.3, 0.4) is 0 Å². The van der Waals surface area contributed by atoms with Gasteiger partial charge in [-0.3, -0.25) is 4.79 Å². The van der Waals surface area contributed by atoms with Gasteiger partial charge in [0.15, 0.2) is 0 Å². The molecule has 0 spiro atoms. The zero-order valence-corrected chi connectivity index (χ0v) is 12.7. The molecule has 0 fully saturated rings. The Morgan fingerprint density at radius 2 is 1.95 bits per heavy atom. The number of aryl methyl sites for hydroxylation is 1. The van der Waals surface area contributed by atoms with Gasteiger partial charge in [-0.25, -0.2) is 0 Å². The van der Waals surface area contributed by atoms with Gasteiger partial charge in [0.2, 0.25) is 5.91 Å². The van der Waals surface area contributed by atoms with Crippen molar-refractivity contribution >= 4 is 11.6 Å². The average molecular weight is 264 g/mol. The van der Waals surface area contributed by atoms with E-state index in [1.165, 1.54) is 0 Å². The zero-order chi connectivity index (χ0) is 14.8. The Balaban J connectivity index is 3.39. The minimum absolute atomic E-state index is 0.00677. The van der Waals surface area contributed by atoms with Crippen LogP contribution in [-0.2, 0) is 10.2 Å².